The minimum absolute atomic E-state index is 0. The van der Waals surface area contributed by atoms with Crippen LogP contribution in [0.15, 0.2) is 17.4 Å². The Bertz CT molecular complexity index is 664. The Morgan fingerprint density at radius 2 is 1.97 bits per heavy atom. The maximum atomic E-state index is 12.5. The molecule has 1 aromatic heterocycles. The Kier molecular flexibility index (Phi) is 9.67. The highest BCUT2D eigenvalue weighted by molar-refractivity contribution is 14.0. The van der Waals surface area contributed by atoms with Crippen LogP contribution in [0, 0.1) is 5.92 Å². The Hall–Kier alpha value is -1.36. The van der Waals surface area contributed by atoms with E-state index in [4.69, 9.17) is 0 Å². The first kappa shape index (κ1) is 23.9. The van der Waals surface area contributed by atoms with Gasteiger partial charge >= 0.3 is 0 Å². The molecule has 0 spiro atoms. The molecule has 164 valence electrons. The third-order valence-corrected chi connectivity index (χ3v) is 5.85. The van der Waals surface area contributed by atoms with E-state index in [0.717, 1.165) is 70.2 Å². The number of carbonyl (C=O) groups is 1. The second-order valence-corrected chi connectivity index (χ2v) is 8.00. The fraction of sp³-hybridized carbons (Fsp3) is 0.750. The van der Waals surface area contributed by atoms with Gasteiger partial charge in [-0.15, -0.1) is 24.0 Å². The van der Waals surface area contributed by atoms with Crippen molar-refractivity contribution in [3.63, 3.8) is 0 Å². The summed E-state index contributed by atoms with van der Waals surface area (Å²) in [7, 11) is 5.78. The first-order valence-electron chi connectivity index (χ1n) is 10.5. The zero-order valence-corrected chi connectivity index (χ0v) is 20.3. The van der Waals surface area contributed by atoms with Crippen molar-refractivity contribution >= 4 is 35.8 Å². The molecule has 1 aliphatic carbocycles. The lowest BCUT2D eigenvalue weighted by atomic mass is 10.1. The second-order valence-electron chi connectivity index (χ2n) is 8.00. The first-order valence-corrected chi connectivity index (χ1v) is 10.5. The Morgan fingerprint density at radius 1 is 1.28 bits per heavy atom. The van der Waals surface area contributed by atoms with Crippen LogP contribution in [0.1, 0.15) is 31.2 Å². The van der Waals surface area contributed by atoms with E-state index in [0.29, 0.717) is 11.8 Å². The number of guanidine groups is 1. The summed E-state index contributed by atoms with van der Waals surface area (Å²) in [5, 5.41) is 7.67. The molecular weight excluding hydrogens is 481 g/mol. The van der Waals surface area contributed by atoms with Crippen LogP contribution in [0.2, 0.25) is 0 Å². The number of hydrogen-bond donors (Lipinski definition) is 1. The summed E-state index contributed by atoms with van der Waals surface area (Å²) in [6.45, 7) is 6.24. The first-order chi connectivity index (χ1) is 13.6. The molecule has 2 aliphatic rings. The molecule has 0 atom stereocenters. The monoisotopic (exact) mass is 517 g/mol. The van der Waals surface area contributed by atoms with Crippen molar-refractivity contribution in [3.8, 4) is 0 Å². The third kappa shape index (κ3) is 6.84. The molecule has 1 aliphatic heterocycles. The molecule has 1 amide bonds. The van der Waals surface area contributed by atoms with Crippen LogP contribution >= 0.6 is 24.0 Å². The van der Waals surface area contributed by atoms with Gasteiger partial charge in [0, 0.05) is 84.6 Å². The third-order valence-electron chi connectivity index (χ3n) is 5.85. The topological polar surface area (TPSA) is 69.0 Å². The van der Waals surface area contributed by atoms with Gasteiger partial charge in [0.2, 0.25) is 5.91 Å². The minimum Gasteiger partial charge on any atom is -0.355 e. The van der Waals surface area contributed by atoms with Crippen LogP contribution in [-0.2, 0) is 18.4 Å². The molecule has 0 radical (unpaired) electrons. The Labute approximate surface area is 191 Å². The summed E-state index contributed by atoms with van der Waals surface area (Å²) in [4.78, 5) is 23.5. The maximum absolute atomic E-state index is 12.5. The predicted molar refractivity (Wildman–Crippen MR) is 126 cm³/mol. The lowest BCUT2D eigenvalue weighted by Crippen LogP contribution is -2.51. The van der Waals surface area contributed by atoms with E-state index in [1.165, 1.54) is 12.8 Å². The maximum Gasteiger partial charge on any atom is 0.225 e. The fourth-order valence-electron chi connectivity index (χ4n) is 4.24. The van der Waals surface area contributed by atoms with Crippen molar-refractivity contribution in [3.05, 3.63) is 18.0 Å². The van der Waals surface area contributed by atoms with E-state index in [9.17, 15) is 4.79 Å². The molecule has 29 heavy (non-hydrogen) atoms. The second kappa shape index (κ2) is 11.7. The number of carbonyl (C=O) groups excluding carboxylic acids is 1. The van der Waals surface area contributed by atoms with Gasteiger partial charge in [0.1, 0.15) is 0 Å². The van der Waals surface area contributed by atoms with Gasteiger partial charge in [-0.2, -0.15) is 5.10 Å². The van der Waals surface area contributed by atoms with E-state index in [-0.39, 0.29) is 24.0 Å². The molecule has 3 rings (SSSR count). The largest absolute Gasteiger partial charge is 0.355 e. The average Bonchev–Trinajstić information content (AvgIpc) is 3.37. The molecule has 1 saturated heterocycles. The van der Waals surface area contributed by atoms with Gasteiger partial charge in [-0.1, -0.05) is 12.8 Å². The number of aryl methyl sites for hydroxylation is 1. The van der Waals surface area contributed by atoms with Crippen molar-refractivity contribution < 1.29 is 4.79 Å². The summed E-state index contributed by atoms with van der Waals surface area (Å²) >= 11 is 0. The van der Waals surface area contributed by atoms with Crippen molar-refractivity contribution in [2.24, 2.45) is 18.0 Å². The standard InChI is InChI=1S/C20H35N7O.HI/c1-21-20(24(2)15-17-14-23-25(3)16-17)22-8-9-26-10-12-27(13-11-26)19(28)18-6-4-5-7-18;/h14,16,18H,4-13,15H2,1-3H3,(H,21,22);1H. The Morgan fingerprint density at radius 3 is 2.55 bits per heavy atom. The van der Waals surface area contributed by atoms with Crippen LogP contribution in [0.3, 0.4) is 0 Å². The number of amides is 1. The van der Waals surface area contributed by atoms with Gasteiger partial charge in [-0.3, -0.25) is 19.4 Å². The lowest BCUT2D eigenvalue weighted by Gasteiger charge is -2.36. The number of nitrogens with zero attached hydrogens (tertiary/aromatic N) is 6. The van der Waals surface area contributed by atoms with Crippen LogP contribution in [0.5, 0.6) is 0 Å². The van der Waals surface area contributed by atoms with Gasteiger partial charge in [0.05, 0.1) is 6.20 Å². The molecular formula is C20H36IN7O. The van der Waals surface area contributed by atoms with Gasteiger partial charge in [-0.25, -0.2) is 0 Å². The highest BCUT2D eigenvalue weighted by atomic mass is 127. The highest BCUT2D eigenvalue weighted by Gasteiger charge is 2.29. The van der Waals surface area contributed by atoms with Crippen molar-refractivity contribution in [1.29, 1.82) is 0 Å². The van der Waals surface area contributed by atoms with Gasteiger partial charge in [0.15, 0.2) is 5.96 Å². The van der Waals surface area contributed by atoms with Crippen molar-refractivity contribution in [1.82, 2.24) is 29.8 Å². The van der Waals surface area contributed by atoms with E-state index in [2.05, 4.69) is 30.1 Å². The normalized spacial score (nSPS) is 18.6. The molecule has 1 saturated carbocycles. The zero-order chi connectivity index (χ0) is 19.9. The van der Waals surface area contributed by atoms with E-state index in [1.807, 2.05) is 38.2 Å². The molecule has 2 fully saturated rings. The molecule has 2 heterocycles. The molecule has 1 N–H and O–H groups in total. The van der Waals surface area contributed by atoms with Crippen LogP contribution < -0.4 is 5.32 Å². The number of aliphatic imine (C=N–C) groups is 1. The fourth-order valence-corrected chi connectivity index (χ4v) is 4.24. The predicted octanol–water partition coefficient (Wildman–Crippen LogP) is 1.38. The average molecular weight is 517 g/mol. The summed E-state index contributed by atoms with van der Waals surface area (Å²) < 4.78 is 1.82. The number of aromatic nitrogens is 2. The Balaban J connectivity index is 0.00000300. The number of piperazine rings is 1. The van der Waals surface area contributed by atoms with Crippen LogP contribution in [-0.4, -0.2) is 89.7 Å². The van der Waals surface area contributed by atoms with E-state index >= 15 is 0 Å². The molecule has 1 aromatic rings. The van der Waals surface area contributed by atoms with Gasteiger partial charge in [0.25, 0.3) is 0 Å². The highest BCUT2D eigenvalue weighted by Crippen LogP contribution is 2.26. The number of rotatable bonds is 6. The summed E-state index contributed by atoms with van der Waals surface area (Å²) in [6, 6.07) is 0. The quantitative estimate of drug-likeness (QED) is 0.351. The summed E-state index contributed by atoms with van der Waals surface area (Å²) in [6.07, 6.45) is 8.53. The van der Waals surface area contributed by atoms with Gasteiger partial charge in [-0.05, 0) is 12.8 Å². The van der Waals surface area contributed by atoms with E-state index in [1.54, 1.807) is 0 Å². The smallest absolute Gasteiger partial charge is 0.225 e. The SMILES string of the molecule is CN=C(NCCN1CCN(C(=O)C2CCCC2)CC1)N(C)Cc1cnn(C)c1.I. The van der Waals surface area contributed by atoms with Crippen molar-refractivity contribution in [2.45, 2.75) is 32.2 Å². The number of nitrogens with one attached hydrogen (secondary N) is 1. The minimum atomic E-state index is 0. The lowest BCUT2D eigenvalue weighted by molar-refractivity contribution is -0.137. The molecule has 0 aromatic carbocycles. The molecule has 0 bridgehead atoms. The summed E-state index contributed by atoms with van der Waals surface area (Å²) in [5.41, 5.74) is 1.16. The molecule has 9 heteroatoms. The molecule has 8 nitrogen and oxygen atoms in total. The molecule has 0 unspecified atom stereocenters. The van der Waals surface area contributed by atoms with E-state index < -0.39 is 0 Å². The zero-order valence-electron chi connectivity index (χ0n) is 18.0. The van der Waals surface area contributed by atoms with Crippen LogP contribution in [0.25, 0.3) is 0 Å². The van der Waals surface area contributed by atoms with Gasteiger partial charge < -0.3 is 15.1 Å². The number of hydrogen-bond acceptors (Lipinski definition) is 4. The van der Waals surface area contributed by atoms with Crippen LogP contribution in [0.4, 0.5) is 0 Å². The number of halogens is 1. The van der Waals surface area contributed by atoms with Crippen molar-refractivity contribution in [2.75, 3.05) is 53.4 Å². The summed E-state index contributed by atoms with van der Waals surface area (Å²) in [5.74, 6) is 1.58.